The molecule has 2 saturated heterocycles. The fraction of sp³-hybridized carbons (Fsp3) is 0.909. The zero-order chi connectivity index (χ0) is 10.4. The third-order valence-electron chi connectivity index (χ3n) is 3.84. The summed E-state index contributed by atoms with van der Waals surface area (Å²) in [5, 5.41) is 0. The number of hydrogen-bond acceptors (Lipinski definition) is 2. The minimum Gasteiger partial charge on any atom is -0.326 e. The second-order valence-corrected chi connectivity index (χ2v) is 5.21. The molecule has 2 heterocycles. The molecule has 0 aromatic carbocycles. The minimum absolute atomic E-state index is 0.228. The summed E-state index contributed by atoms with van der Waals surface area (Å²) in [7, 11) is 1.91. The third-order valence-corrected chi connectivity index (χ3v) is 3.84. The molecule has 1 aliphatic carbocycles. The van der Waals surface area contributed by atoms with Crippen LogP contribution in [-0.4, -0.2) is 66.5 Å². The average Bonchev–Trinajstić information content (AvgIpc) is 2.96. The molecule has 4 nitrogen and oxygen atoms in total. The van der Waals surface area contributed by atoms with E-state index >= 15 is 0 Å². The predicted molar refractivity (Wildman–Crippen MR) is 57.7 cm³/mol. The molecule has 3 rings (SSSR count). The highest BCUT2D eigenvalue weighted by atomic mass is 16.2. The molecule has 0 aromatic heterocycles. The van der Waals surface area contributed by atoms with E-state index in [4.69, 9.17) is 0 Å². The van der Waals surface area contributed by atoms with Gasteiger partial charge in [-0.1, -0.05) is 0 Å². The van der Waals surface area contributed by atoms with Crippen molar-refractivity contribution in [1.29, 1.82) is 0 Å². The largest absolute Gasteiger partial charge is 0.326 e. The van der Waals surface area contributed by atoms with E-state index in [2.05, 4.69) is 4.90 Å². The van der Waals surface area contributed by atoms with Crippen molar-refractivity contribution in [1.82, 2.24) is 14.7 Å². The normalized spacial score (nSPS) is 32.3. The molecule has 1 unspecified atom stereocenters. The number of amides is 2. The summed E-state index contributed by atoms with van der Waals surface area (Å²) < 4.78 is 0. The van der Waals surface area contributed by atoms with E-state index in [0.717, 1.165) is 32.1 Å². The summed E-state index contributed by atoms with van der Waals surface area (Å²) in [5.74, 6) is 0.964. The molecule has 0 radical (unpaired) electrons. The van der Waals surface area contributed by atoms with Gasteiger partial charge in [0.15, 0.2) is 0 Å². The van der Waals surface area contributed by atoms with Crippen LogP contribution in [0.3, 0.4) is 0 Å². The van der Waals surface area contributed by atoms with Crippen LogP contribution in [-0.2, 0) is 0 Å². The monoisotopic (exact) mass is 209 g/mol. The molecule has 0 aromatic rings. The Balaban J connectivity index is 1.61. The number of likely N-dealkylation sites (N-methyl/N-ethyl adjacent to an activating group) is 1. The lowest BCUT2D eigenvalue weighted by atomic mass is 10.2. The van der Waals surface area contributed by atoms with Gasteiger partial charge in [-0.05, 0) is 18.8 Å². The van der Waals surface area contributed by atoms with Crippen molar-refractivity contribution in [3.63, 3.8) is 0 Å². The standard InChI is InChI=1S/C11H19N3O/c1-12-7-10-8-13(6-9-2-3-9)4-5-14(10)11(12)15/h9-10H,2-8H2,1H3. The fourth-order valence-corrected chi connectivity index (χ4v) is 2.77. The van der Waals surface area contributed by atoms with Crippen molar-refractivity contribution >= 4 is 6.03 Å². The minimum atomic E-state index is 0.228. The fourth-order valence-electron chi connectivity index (χ4n) is 2.77. The molecule has 3 fully saturated rings. The Morgan fingerprint density at radius 1 is 1.27 bits per heavy atom. The Bertz CT molecular complexity index is 277. The molecule has 84 valence electrons. The van der Waals surface area contributed by atoms with E-state index in [1.165, 1.54) is 19.4 Å². The summed E-state index contributed by atoms with van der Waals surface area (Å²) >= 11 is 0. The molecule has 15 heavy (non-hydrogen) atoms. The quantitative estimate of drug-likeness (QED) is 0.660. The van der Waals surface area contributed by atoms with Crippen LogP contribution in [0.15, 0.2) is 0 Å². The van der Waals surface area contributed by atoms with Gasteiger partial charge in [0.25, 0.3) is 0 Å². The maximum absolute atomic E-state index is 11.7. The molecule has 2 aliphatic heterocycles. The van der Waals surface area contributed by atoms with E-state index in [1.54, 1.807) is 0 Å². The Morgan fingerprint density at radius 3 is 2.80 bits per heavy atom. The average molecular weight is 209 g/mol. The van der Waals surface area contributed by atoms with Crippen molar-refractivity contribution in [3.8, 4) is 0 Å². The van der Waals surface area contributed by atoms with Gasteiger partial charge in [0, 0.05) is 39.8 Å². The van der Waals surface area contributed by atoms with E-state index in [0.29, 0.717) is 6.04 Å². The lowest BCUT2D eigenvalue weighted by molar-refractivity contribution is 0.118. The second kappa shape index (κ2) is 3.37. The first-order chi connectivity index (χ1) is 7.24. The van der Waals surface area contributed by atoms with Gasteiger partial charge in [-0.25, -0.2) is 4.79 Å². The highest BCUT2D eigenvalue weighted by molar-refractivity contribution is 5.77. The molecule has 0 N–H and O–H groups in total. The number of rotatable bonds is 2. The molecule has 3 aliphatic rings. The van der Waals surface area contributed by atoms with Crippen LogP contribution in [0.5, 0.6) is 0 Å². The number of nitrogens with zero attached hydrogens (tertiary/aromatic N) is 3. The Hall–Kier alpha value is -0.770. The van der Waals surface area contributed by atoms with Gasteiger partial charge in [-0.15, -0.1) is 0 Å². The Labute approximate surface area is 90.8 Å². The van der Waals surface area contributed by atoms with Crippen molar-refractivity contribution in [2.24, 2.45) is 5.92 Å². The lowest BCUT2D eigenvalue weighted by Gasteiger charge is -2.36. The zero-order valence-corrected chi connectivity index (χ0v) is 9.35. The molecular formula is C11H19N3O. The first kappa shape index (κ1) is 9.46. The van der Waals surface area contributed by atoms with Crippen LogP contribution in [0.2, 0.25) is 0 Å². The Morgan fingerprint density at radius 2 is 2.07 bits per heavy atom. The molecule has 4 heteroatoms. The van der Waals surface area contributed by atoms with Crippen molar-refractivity contribution in [3.05, 3.63) is 0 Å². The van der Waals surface area contributed by atoms with Crippen molar-refractivity contribution < 1.29 is 4.79 Å². The summed E-state index contributed by atoms with van der Waals surface area (Å²) in [4.78, 5) is 18.2. The molecule has 1 atom stereocenters. The van der Waals surface area contributed by atoms with E-state index in [1.807, 2.05) is 16.8 Å². The SMILES string of the molecule is CN1CC2CN(CC3CC3)CCN2C1=O. The van der Waals surface area contributed by atoms with E-state index < -0.39 is 0 Å². The van der Waals surface area contributed by atoms with Gasteiger partial charge < -0.3 is 9.80 Å². The highest BCUT2D eigenvalue weighted by Gasteiger charge is 2.39. The lowest BCUT2D eigenvalue weighted by Crippen LogP contribution is -2.52. The summed E-state index contributed by atoms with van der Waals surface area (Å²) in [6.07, 6.45) is 2.84. The summed E-state index contributed by atoms with van der Waals surface area (Å²) in [6.45, 7) is 5.28. The highest BCUT2D eigenvalue weighted by Crippen LogP contribution is 2.31. The number of carbonyl (C=O) groups excluding carboxylic acids is 1. The van der Waals surface area contributed by atoms with Gasteiger partial charge in [-0.3, -0.25) is 4.90 Å². The van der Waals surface area contributed by atoms with Crippen LogP contribution >= 0.6 is 0 Å². The van der Waals surface area contributed by atoms with Gasteiger partial charge in [-0.2, -0.15) is 0 Å². The molecule has 2 amide bonds. The number of fused-ring (bicyclic) bond motifs is 1. The van der Waals surface area contributed by atoms with Gasteiger partial charge in [0.1, 0.15) is 0 Å². The number of piperazine rings is 1. The van der Waals surface area contributed by atoms with Crippen LogP contribution < -0.4 is 0 Å². The molecule has 1 saturated carbocycles. The van der Waals surface area contributed by atoms with Crippen LogP contribution in [0.25, 0.3) is 0 Å². The summed E-state index contributed by atoms with van der Waals surface area (Å²) in [6, 6.07) is 0.682. The maximum Gasteiger partial charge on any atom is 0.320 e. The number of hydrogen-bond donors (Lipinski definition) is 0. The Kier molecular flexibility index (Phi) is 2.12. The van der Waals surface area contributed by atoms with Crippen molar-refractivity contribution in [2.45, 2.75) is 18.9 Å². The van der Waals surface area contributed by atoms with E-state index in [9.17, 15) is 4.79 Å². The van der Waals surface area contributed by atoms with Gasteiger partial charge in [0.2, 0.25) is 0 Å². The summed E-state index contributed by atoms with van der Waals surface area (Å²) in [5.41, 5.74) is 0. The van der Waals surface area contributed by atoms with E-state index in [-0.39, 0.29) is 6.03 Å². The van der Waals surface area contributed by atoms with Gasteiger partial charge in [0.05, 0.1) is 6.04 Å². The van der Waals surface area contributed by atoms with Gasteiger partial charge >= 0.3 is 6.03 Å². The zero-order valence-electron chi connectivity index (χ0n) is 9.35. The second-order valence-electron chi connectivity index (χ2n) is 5.21. The first-order valence-electron chi connectivity index (χ1n) is 5.98. The predicted octanol–water partition coefficient (Wildman–Crippen LogP) is 0.448. The smallest absolute Gasteiger partial charge is 0.320 e. The van der Waals surface area contributed by atoms with Crippen LogP contribution in [0.1, 0.15) is 12.8 Å². The molecule has 0 bridgehead atoms. The number of urea groups is 1. The maximum atomic E-state index is 11.7. The van der Waals surface area contributed by atoms with Crippen molar-refractivity contribution in [2.75, 3.05) is 39.8 Å². The molecular weight excluding hydrogens is 190 g/mol. The number of carbonyl (C=O) groups is 1. The topological polar surface area (TPSA) is 26.8 Å². The van der Waals surface area contributed by atoms with Crippen LogP contribution in [0, 0.1) is 5.92 Å². The molecule has 0 spiro atoms. The third kappa shape index (κ3) is 1.71. The first-order valence-corrected chi connectivity index (χ1v) is 5.98. The van der Waals surface area contributed by atoms with Crippen LogP contribution in [0.4, 0.5) is 4.79 Å².